The smallest absolute Gasteiger partial charge is 0.129 e. The van der Waals surface area contributed by atoms with E-state index in [-0.39, 0.29) is 5.54 Å². The lowest BCUT2D eigenvalue weighted by atomic mass is 9.82. The number of ether oxygens (including phenoxy) is 1. The summed E-state index contributed by atoms with van der Waals surface area (Å²) >= 11 is 0. The Labute approximate surface area is 118 Å². The summed E-state index contributed by atoms with van der Waals surface area (Å²) in [6, 6.07) is 6.04. The van der Waals surface area contributed by atoms with Gasteiger partial charge < -0.3 is 19.9 Å². The van der Waals surface area contributed by atoms with Crippen LogP contribution >= 0.6 is 0 Å². The number of imidazole rings is 1. The van der Waals surface area contributed by atoms with Crippen molar-refractivity contribution in [2.75, 3.05) is 30.9 Å². The van der Waals surface area contributed by atoms with Gasteiger partial charge in [-0.05, 0) is 13.0 Å². The molecule has 104 valence electrons. The first kappa shape index (κ1) is 11.8. The van der Waals surface area contributed by atoms with E-state index in [9.17, 15) is 0 Å². The van der Waals surface area contributed by atoms with Crippen LogP contribution in [0.4, 0.5) is 11.4 Å². The standard InChI is InChI=1S/C15H18N4O/c1-9-17-12-10-5-4-6-11(16)13(10)19(3)15(7-20-8-15)14(12)18(9)2/h4-6H,7-8,16H2,1-3H3. The summed E-state index contributed by atoms with van der Waals surface area (Å²) in [6.45, 7) is 3.41. The van der Waals surface area contributed by atoms with Gasteiger partial charge in [0.05, 0.1) is 36.0 Å². The molecule has 2 aromatic rings. The molecular formula is C15H18N4O. The van der Waals surface area contributed by atoms with E-state index in [1.807, 2.05) is 19.1 Å². The summed E-state index contributed by atoms with van der Waals surface area (Å²) < 4.78 is 7.72. The fraction of sp³-hybridized carbons (Fsp3) is 0.400. The second kappa shape index (κ2) is 3.55. The van der Waals surface area contributed by atoms with E-state index >= 15 is 0 Å². The summed E-state index contributed by atoms with van der Waals surface area (Å²) in [5.74, 6) is 1.02. The lowest BCUT2D eigenvalue weighted by Gasteiger charge is -2.52. The molecule has 1 spiro atoms. The van der Waals surface area contributed by atoms with Crippen LogP contribution in [-0.2, 0) is 17.3 Å². The molecule has 1 fully saturated rings. The number of anilines is 2. The zero-order chi connectivity index (χ0) is 14.1. The molecule has 0 unspecified atom stereocenters. The molecule has 0 atom stereocenters. The second-order valence-corrected chi connectivity index (χ2v) is 5.74. The maximum absolute atomic E-state index is 6.22. The first-order valence-electron chi connectivity index (χ1n) is 6.80. The molecule has 5 nitrogen and oxygen atoms in total. The number of aryl methyl sites for hydroxylation is 1. The van der Waals surface area contributed by atoms with E-state index in [1.165, 1.54) is 5.69 Å². The van der Waals surface area contributed by atoms with Gasteiger partial charge in [0.1, 0.15) is 11.4 Å². The minimum Gasteiger partial charge on any atom is -0.397 e. The number of nitrogens with zero attached hydrogens (tertiary/aromatic N) is 3. The minimum atomic E-state index is -0.131. The number of likely N-dealkylation sites (N-methyl/N-ethyl adjacent to an activating group) is 1. The molecule has 1 saturated heterocycles. The molecule has 3 heterocycles. The van der Waals surface area contributed by atoms with Gasteiger partial charge in [-0.3, -0.25) is 0 Å². The van der Waals surface area contributed by atoms with E-state index in [2.05, 4.69) is 29.6 Å². The van der Waals surface area contributed by atoms with Crippen LogP contribution in [0.5, 0.6) is 0 Å². The van der Waals surface area contributed by atoms with Crippen LogP contribution < -0.4 is 10.6 Å². The Morgan fingerprint density at radius 3 is 2.70 bits per heavy atom. The molecule has 1 aromatic heterocycles. The van der Waals surface area contributed by atoms with E-state index in [1.54, 1.807) is 0 Å². The Bertz CT molecular complexity index is 715. The number of aromatic nitrogens is 2. The Kier molecular flexibility index (Phi) is 2.09. The number of nitrogens with two attached hydrogens (primary N) is 1. The van der Waals surface area contributed by atoms with Gasteiger partial charge in [-0.1, -0.05) is 12.1 Å². The quantitative estimate of drug-likeness (QED) is 0.740. The van der Waals surface area contributed by atoms with Crippen LogP contribution in [0.1, 0.15) is 11.5 Å². The van der Waals surface area contributed by atoms with Crippen molar-refractivity contribution in [1.29, 1.82) is 0 Å². The fourth-order valence-electron chi connectivity index (χ4n) is 3.46. The van der Waals surface area contributed by atoms with Crippen molar-refractivity contribution in [1.82, 2.24) is 9.55 Å². The Morgan fingerprint density at radius 2 is 2.05 bits per heavy atom. The third-order valence-electron chi connectivity index (χ3n) is 4.74. The third kappa shape index (κ3) is 1.15. The van der Waals surface area contributed by atoms with Gasteiger partial charge in [-0.2, -0.15) is 0 Å². The first-order valence-corrected chi connectivity index (χ1v) is 6.80. The molecule has 0 bridgehead atoms. The van der Waals surface area contributed by atoms with Crippen molar-refractivity contribution >= 4 is 11.4 Å². The number of fused-ring (bicyclic) bond motifs is 4. The summed E-state index contributed by atoms with van der Waals surface area (Å²) in [4.78, 5) is 7.04. The van der Waals surface area contributed by atoms with Crippen molar-refractivity contribution in [3.05, 3.63) is 29.7 Å². The number of rotatable bonds is 0. The summed E-state index contributed by atoms with van der Waals surface area (Å²) in [7, 11) is 4.18. The topological polar surface area (TPSA) is 56.3 Å². The lowest BCUT2D eigenvalue weighted by molar-refractivity contribution is -0.0628. The molecule has 4 rings (SSSR count). The first-order chi connectivity index (χ1) is 9.56. The number of nitrogen functional groups attached to an aromatic ring is 1. The van der Waals surface area contributed by atoms with Gasteiger partial charge in [0, 0.05) is 19.7 Å². The molecule has 0 aliphatic carbocycles. The monoisotopic (exact) mass is 270 g/mol. The number of hydrogen-bond acceptors (Lipinski definition) is 4. The molecule has 2 N–H and O–H groups in total. The highest BCUT2D eigenvalue weighted by Gasteiger charge is 2.52. The highest BCUT2D eigenvalue weighted by Crippen LogP contribution is 2.51. The Morgan fingerprint density at radius 1 is 1.30 bits per heavy atom. The average Bonchev–Trinajstić information content (AvgIpc) is 2.66. The average molecular weight is 270 g/mol. The maximum atomic E-state index is 6.22. The van der Waals surface area contributed by atoms with Crippen LogP contribution in [0.3, 0.4) is 0 Å². The van der Waals surface area contributed by atoms with Crippen molar-refractivity contribution in [3.63, 3.8) is 0 Å². The van der Waals surface area contributed by atoms with Gasteiger partial charge >= 0.3 is 0 Å². The Balaban J connectivity index is 2.11. The van der Waals surface area contributed by atoms with Gasteiger partial charge in [-0.25, -0.2) is 4.98 Å². The second-order valence-electron chi connectivity index (χ2n) is 5.74. The normalized spacial score (nSPS) is 18.6. The van der Waals surface area contributed by atoms with Crippen molar-refractivity contribution < 1.29 is 4.74 Å². The van der Waals surface area contributed by atoms with Gasteiger partial charge in [0.15, 0.2) is 0 Å². The van der Waals surface area contributed by atoms with E-state index in [0.29, 0.717) is 13.2 Å². The van der Waals surface area contributed by atoms with Crippen molar-refractivity contribution in [2.45, 2.75) is 12.5 Å². The summed E-state index contributed by atoms with van der Waals surface area (Å²) in [6.07, 6.45) is 0. The minimum absolute atomic E-state index is 0.131. The molecule has 2 aliphatic rings. The highest BCUT2D eigenvalue weighted by molar-refractivity contribution is 5.90. The van der Waals surface area contributed by atoms with Gasteiger partial charge in [-0.15, -0.1) is 0 Å². The third-order valence-corrected chi connectivity index (χ3v) is 4.74. The molecule has 1 aromatic carbocycles. The number of hydrogen-bond donors (Lipinski definition) is 1. The maximum Gasteiger partial charge on any atom is 0.129 e. The number of benzene rings is 1. The van der Waals surface area contributed by atoms with E-state index < -0.39 is 0 Å². The predicted octanol–water partition coefficient (Wildman–Crippen LogP) is 1.65. The zero-order valence-electron chi connectivity index (χ0n) is 12.0. The van der Waals surface area contributed by atoms with E-state index in [4.69, 9.17) is 15.5 Å². The summed E-state index contributed by atoms with van der Waals surface area (Å²) in [5.41, 5.74) is 11.4. The zero-order valence-corrected chi connectivity index (χ0v) is 12.0. The van der Waals surface area contributed by atoms with Crippen molar-refractivity contribution in [3.8, 4) is 11.3 Å². The van der Waals surface area contributed by atoms with E-state index in [0.717, 1.165) is 28.5 Å². The lowest BCUT2D eigenvalue weighted by Crippen LogP contribution is -2.61. The van der Waals surface area contributed by atoms with Crippen LogP contribution in [0.15, 0.2) is 18.2 Å². The van der Waals surface area contributed by atoms with Crippen LogP contribution in [-0.4, -0.2) is 29.8 Å². The van der Waals surface area contributed by atoms with Crippen molar-refractivity contribution in [2.24, 2.45) is 7.05 Å². The molecule has 0 radical (unpaired) electrons. The highest BCUT2D eigenvalue weighted by atomic mass is 16.5. The van der Waals surface area contributed by atoms with Gasteiger partial charge in [0.2, 0.25) is 0 Å². The van der Waals surface area contributed by atoms with Gasteiger partial charge in [0.25, 0.3) is 0 Å². The molecule has 20 heavy (non-hydrogen) atoms. The number of para-hydroxylation sites is 1. The largest absolute Gasteiger partial charge is 0.397 e. The predicted molar refractivity (Wildman–Crippen MR) is 78.7 cm³/mol. The molecule has 5 heteroatoms. The molecular weight excluding hydrogens is 252 g/mol. The molecule has 0 amide bonds. The SMILES string of the molecule is Cc1nc2c(n1C)C1(COC1)N(C)c1c(N)cccc1-2. The molecule has 2 aliphatic heterocycles. The van der Waals surface area contributed by atoms with Crippen LogP contribution in [0, 0.1) is 6.92 Å². The van der Waals surface area contributed by atoms with Crippen LogP contribution in [0.25, 0.3) is 11.3 Å². The summed E-state index contributed by atoms with van der Waals surface area (Å²) in [5, 5.41) is 0. The molecule has 0 saturated carbocycles. The fourth-order valence-corrected chi connectivity index (χ4v) is 3.46. The Hall–Kier alpha value is -2.01. The van der Waals surface area contributed by atoms with Crippen LogP contribution in [0.2, 0.25) is 0 Å².